The van der Waals surface area contributed by atoms with E-state index in [1.165, 1.54) is 42.5 Å². The number of hydrogen-bond acceptors (Lipinski definition) is 7. The minimum absolute atomic E-state index is 0.00256. The van der Waals surface area contributed by atoms with Gasteiger partial charge >= 0.3 is 0 Å². The molecule has 0 fully saturated rings. The fourth-order valence-electron chi connectivity index (χ4n) is 4.28. The number of aromatic hydroxyl groups is 1. The van der Waals surface area contributed by atoms with Gasteiger partial charge in [0.1, 0.15) is 17.6 Å². The fraction of sp³-hybridized carbons (Fsp3) is 0.0741. The van der Waals surface area contributed by atoms with Crippen molar-refractivity contribution >= 4 is 32.1 Å². The lowest BCUT2D eigenvalue weighted by atomic mass is 9.88. The number of rotatable bonds is 5. The van der Waals surface area contributed by atoms with E-state index in [1.807, 2.05) is 6.92 Å². The molecule has 0 amide bonds. The van der Waals surface area contributed by atoms with Crippen LogP contribution in [0.3, 0.4) is 0 Å². The molecule has 2 N–H and O–H groups in total. The predicted molar refractivity (Wildman–Crippen MR) is 136 cm³/mol. The molecule has 184 valence electrons. The second kappa shape index (κ2) is 9.05. The van der Waals surface area contributed by atoms with Gasteiger partial charge in [-0.1, -0.05) is 29.8 Å². The van der Waals surface area contributed by atoms with Crippen LogP contribution in [-0.4, -0.2) is 24.7 Å². The smallest absolute Gasteiger partial charge is 0.269 e. The van der Waals surface area contributed by atoms with E-state index in [9.17, 15) is 28.9 Å². The first-order chi connectivity index (χ1) is 17.7. The Morgan fingerprint density at radius 3 is 2.35 bits per heavy atom. The van der Waals surface area contributed by atoms with E-state index in [-0.39, 0.29) is 27.7 Å². The molecule has 5 rings (SSSR count). The summed E-state index contributed by atoms with van der Waals surface area (Å²) < 4.78 is 35.0. The zero-order valence-electron chi connectivity index (χ0n) is 19.4. The predicted octanol–water partition coefficient (Wildman–Crippen LogP) is 4.78. The molecule has 1 heterocycles. The number of benzene rings is 4. The van der Waals surface area contributed by atoms with E-state index in [2.05, 4.69) is 10.8 Å². The van der Waals surface area contributed by atoms with Crippen LogP contribution >= 0.6 is 0 Å². The molecule has 0 aromatic heterocycles. The number of hydrogen-bond donors (Lipinski definition) is 2. The first kappa shape index (κ1) is 24.0. The summed E-state index contributed by atoms with van der Waals surface area (Å²) in [6.07, 6.45) is -1.40. The number of ether oxygens (including phenoxy) is 1. The average Bonchev–Trinajstić information content (AvgIpc) is 2.88. The number of nitriles is 1. The third kappa shape index (κ3) is 4.27. The molecule has 1 atom stereocenters. The zero-order chi connectivity index (χ0) is 26.3. The normalized spacial score (nSPS) is 15.1. The lowest BCUT2D eigenvalue weighted by Crippen LogP contribution is -2.42. The second-order valence-corrected chi connectivity index (χ2v) is 10.2. The topological polar surface area (TPSA) is 143 Å². The summed E-state index contributed by atoms with van der Waals surface area (Å²) in [5, 5.41) is 32.7. The summed E-state index contributed by atoms with van der Waals surface area (Å²) in [6, 6.07) is 22.1. The average molecular weight is 514 g/mol. The molecule has 9 nitrogen and oxygen atoms in total. The zero-order valence-corrected chi connectivity index (χ0v) is 20.2. The van der Waals surface area contributed by atoms with Gasteiger partial charge in [-0.25, -0.2) is 8.42 Å². The number of nitro benzene ring substituents is 1. The van der Waals surface area contributed by atoms with Gasteiger partial charge in [0.05, 0.1) is 15.4 Å². The number of sulfonamides is 1. The summed E-state index contributed by atoms with van der Waals surface area (Å²) in [7, 11) is -4.11. The number of nitrogens with zero attached hydrogens (tertiary/aromatic N) is 2. The molecule has 1 aliphatic rings. The number of phenols is 1. The summed E-state index contributed by atoms with van der Waals surface area (Å²) in [6.45, 7) is 1.83. The highest BCUT2D eigenvalue weighted by Crippen LogP contribution is 2.45. The van der Waals surface area contributed by atoms with Gasteiger partial charge in [-0.3, -0.25) is 10.1 Å². The third-order valence-corrected chi connectivity index (χ3v) is 7.52. The van der Waals surface area contributed by atoms with E-state index in [0.717, 1.165) is 5.56 Å². The maximum Gasteiger partial charge on any atom is 0.269 e. The van der Waals surface area contributed by atoms with Gasteiger partial charge in [-0.15, -0.1) is 0 Å². The fourth-order valence-corrected chi connectivity index (χ4v) is 5.35. The minimum atomic E-state index is -4.11. The Bertz CT molecular complexity index is 1740. The lowest BCUT2D eigenvalue weighted by Gasteiger charge is -2.30. The van der Waals surface area contributed by atoms with E-state index < -0.39 is 21.2 Å². The molecule has 4 aromatic carbocycles. The number of phenolic OH excluding ortho intramolecular Hbond substituents is 1. The molecule has 0 radical (unpaired) electrons. The quantitative estimate of drug-likeness (QED) is 0.289. The van der Waals surface area contributed by atoms with E-state index in [1.54, 1.807) is 36.4 Å². The molecule has 4 aromatic rings. The Balaban J connectivity index is 1.72. The highest BCUT2D eigenvalue weighted by Gasteiger charge is 2.34. The monoisotopic (exact) mass is 513 g/mol. The Kier molecular flexibility index (Phi) is 5.87. The summed E-state index contributed by atoms with van der Waals surface area (Å²) >= 11 is 0. The Morgan fingerprint density at radius 2 is 1.70 bits per heavy atom. The van der Waals surface area contributed by atoms with Crippen LogP contribution in [0.1, 0.15) is 16.7 Å². The van der Waals surface area contributed by atoms with Gasteiger partial charge < -0.3 is 9.84 Å². The molecule has 0 saturated heterocycles. The molecular weight excluding hydrogens is 494 g/mol. The van der Waals surface area contributed by atoms with E-state index >= 15 is 0 Å². The SMILES string of the molecule is Cc1ccc(S(=O)(=O)NC2Oc3c(ccc4c(O)cccc34)C(c3ccc([N+](=O)[O-])cc3)=C2C#N)cc1. The van der Waals surface area contributed by atoms with Gasteiger partial charge in [0, 0.05) is 34.0 Å². The van der Waals surface area contributed by atoms with Crippen molar-refractivity contribution in [3.05, 3.63) is 111 Å². The van der Waals surface area contributed by atoms with Crippen LogP contribution in [0, 0.1) is 28.4 Å². The van der Waals surface area contributed by atoms with Crippen LogP contribution in [0.4, 0.5) is 5.69 Å². The second-order valence-electron chi connectivity index (χ2n) is 8.45. The Hall–Kier alpha value is -4.72. The lowest BCUT2D eigenvalue weighted by molar-refractivity contribution is -0.384. The number of fused-ring (bicyclic) bond motifs is 3. The van der Waals surface area contributed by atoms with Gasteiger partial charge in [0.25, 0.3) is 5.69 Å². The van der Waals surface area contributed by atoms with Gasteiger partial charge in [-0.2, -0.15) is 9.98 Å². The number of nitrogens with one attached hydrogen (secondary N) is 1. The van der Waals surface area contributed by atoms with Crippen LogP contribution in [-0.2, 0) is 10.0 Å². The first-order valence-electron chi connectivity index (χ1n) is 11.1. The van der Waals surface area contributed by atoms with Crippen LogP contribution in [0.25, 0.3) is 16.3 Å². The summed E-state index contributed by atoms with van der Waals surface area (Å²) in [5.41, 5.74) is 2.04. The minimum Gasteiger partial charge on any atom is -0.507 e. The highest BCUT2D eigenvalue weighted by atomic mass is 32.2. The van der Waals surface area contributed by atoms with Gasteiger partial charge in [0.15, 0.2) is 6.23 Å². The van der Waals surface area contributed by atoms with Crippen LogP contribution < -0.4 is 9.46 Å². The van der Waals surface area contributed by atoms with Crippen molar-refractivity contribution < 1.29 is 23.2 Å². The molecule has 10 heteroatoms. The van der Waals surface area contributed by atoms with Crippen molar-refractivity contribution in [2.45, 2.75) is 18.0 Å². The van der Waals surface area contributed by atoms with Crippen molar-refractivity contribution in [2.75, 3.05) is 0 Å². The molecule has 1 aliphatic heterocycles. The first-order valence-corrected chi connectivity index (χ1v) is 12.6. The van der Waals surface area contributed by atoms with Crippen molar-refractivity contribution in [3.8, 4) is 17.6 Å². The molecular formula is C27H19N3O6S. The molecule has 37 heavy (non-hydrogen) atoms. The van der Waals surface area contributed by atoms with Crippen molar-refractivity contribution in [1.82, 2.24) is 4.72 Å². The van der Waals surface area contributed by atoms with Crippen LogP contribution in [0.15, 0.2) is 89.3 Å². The van der Waals surface area contributed by atoms with Gasteiger partial charge in [0.2, 0.25) is 10.0 Å². The van der Waals surface area contributed by atoms with Crippen LogP contribution in [0.2, 0.25) is 0 Å². The van der Waals surface area contributed by atoms with Crippen molar-refractivity contribution in [3.63, 3.8) is 0 Å². The number of nitro groups is 1. The van der Waals surface area contributed by atoms with Crippen molar-refractivity contribution in [1.29, 1.82) is 5.26 Å². The molecule has 1 unspecified atom stereocenters. The Labute approximate surface area is 212 Å². The highest BCUT2D eigenvalue weighted by molar-refractivity contribution is 7.89. The van der Waals surface area contributed by atoms with E-state index in [0.29, 0.717) is 27.5 Å². The van der Waals surface area contributed by atoms with Crippen molar-refractivity contribution in [2.24, 2.45) is 0 Å². The summed E-state index contributed by atoms with van der Waals surface area (Å²) in [5.74, 6) is 0.269. The molecule has 0 aliphatic carbocycles. The summed E-state index contributed by atoms with van der Waals surface area (Å²) in [4.78, 5) is 10.6. The molecule has 0 spiro atoms. The maximum atomic E-state index is 13.2. The Morgan fingerprint density at radius 1 is 1.00 bits per heavy atom. The van der Waals surface area contributed by atoms with E-state index in [4.69, 9.17) is 4.74 Å². The van der Waals surface area contributed by atoms with Crippen LogP contribution in [0.5, 0.6) is 11.5 Å². The number of aryl methyl sites for hydroxylation is 1. The number of non-ortho nitro benzene ring substituents is 1. The molecule has 0 bridgehead atoms. The third-order valence-electron chi connectivity index (χ3n) is 6.11. The standard InChI is InChI=1S/C27H19N3O6S/c1-16-5-11-19(12-6-16)37(34,35)29-27-23(15-28)25(17-7-9-18(10-8-17)30(32)33)22-14-13-20-21(26(22)36-27)3-2-4-24(20)31/h2-14,27,29,31H,1H3. The molecule has 0 saturated carbocycles. The largest absolute Gasteiger partial charge is 0.507 e. The van der Waals surface area contributed by atoms with Gasteiger partial charge in [-0.05, 0) is 55.0 Å². The maximum absolute atomic E-state index is 13.2.